The van der Waals surface area contributed by atoms with E-state index < -0.39 is 0 Å². The lowest BCUT2D eigenvalue weighted by Crippen LogP contribution is -2.45. The highest BCUT2D eigenvalue weighted by molar-refractivity contribution is 6.09. The minimum atomic E-state index is -0.372. The smallest absolute Gasteiger partial charge is 0.135 e. The Morgan fingerprint density at radius 3 is 1.63 bits per heavy atom. The summed E-state index contributed by atoms with van der Waals surface area (Å²) in [6.07, 6.45) is -0.544. The topological polar surface area (TPSA) is 49.6 Å². The summed E-state index contributed by atoms with van der Waals surface area (Å²) in [5.74, 6) is 0.840. The number of para-hydroxylation sites is 1. The molecule has 0 bridgehead atoms. The molecule has 2 unspecified atom stereocenters. The number of nitrogens with one attached hydrogen (secondary N) is 2. The average molecular weight is 632 g/mol. The number of benzene rings is 7. The molecule has 2 N–H and O–H groups in total. The predicted octanol–water partition coefficient (Wildman–Crippen LogP) is 10.9. The number of hydrogen-bond donors (Lipinski definition) is 2. The molecule has 4 nitrogen and oxygen atoms in total. The molecule has 9 rings (SSSR count). The zero-order chi connectivity index (χ0) is 32.6. The molecule has 4 heteroatoms. The van der Waals surface area contributed by atoms with E-state index in [1.807, 2.05) is 18.2 Å². The van der Waals surface area contributed by atoms with Crippen LogP contribution >= 0.6 is 0 Å². The third-order valence-corrected chi connectivity index (χ3v) is 9.42. The Morgan fingerprint density at radius 2 is 0.980 bits per heavy atom. The quantitative estimate of drug-likeness (QED) is 0.192. The van der Waals surface area contributed by atoms with Crippen LogP contribution in [0.25, 0.3) is 55.3 Å². The third-order valence-electron chi connectivity index (χ3n) is 9.42. The van der Waals surface area contributed by atoms with Crippen molar-refractivity contribution in [3.63, 3.8) is 0 Å². The van der Waals surface area contributed by atoms with Gasteiger partial charge in [0.15, 0.2) is 0 Å². The van der Waals surface area contributed by atoms with Gasteiger partial charge in [-0.2, -0.15) is 0 Å². The first-order valence-electron chi connectivity index (χ1n) is 16.7. The van der Waals surface area contributed by atoms with Crippen LogP contribution in [0.2, 0.25) is 0 Å². The first kappa shape index (κ1) is 29.0. The van der Waals surface area contributed by atoms with E-state index >= 15 is 0 Å². The van der Waals surface area contributed by atoms with Gasteiger partial charge in [-0.3, -0.25) is 5.32 Å². The summed E-state index contributed by atoms with van der Waals surface area (Å²) < 4.78 is 6.44. The van der Waals surface area contributed by atoms with Crippen molar-refractivity contribution in [3.8, 4) is 33.4 Å². The second-order valence-corrected chi connectivity index (χ2v) is 12.4. The molecular formula is C45H33N3O. The molecule has 2 atom stereocenters. The number of nitrogens with zero attached hydrogens (tertiary/aromatic N) is 1. The van der Waals surface area contributed by atoms with Gasteiger partial charge in [0.25, 0.3) is 0 Å². The monoisotopic (exact) mass is 631 g/mol. The van der Waals surface area contributed by atoms with E-state index in [0.29, 0.717) is 0 Å². The Kier molecular flexibility index (Phi) is 7.34. The Morgan fingerprint density at radius 1 is 0.449 bits per heavy atom. The highest BCUT2D eigenvalue weighted by Gasteiger charge is 2.30. The van der Waals surface area contributed by atoms with E-state index in [0.717, 1.165) is 55.6 Å². The van der Waals surface area contributed by atoms with Gasteiger partial charge in [-0.1, -0.05) is 164 Å². The fourth-order valence-electron chi connectivity index (χ4n) is 6.97. The lowest BCUT2D eigenvalue weighted by atomic mass is 9.91. The summed E-state index contributed by atoms with van der Waals surface area (Å²) in [6, 6.07) is 61.6. The summed E-state index contributed by atoms with van der Waals surface area (Å²) in [5, 5.41) is 9.76. The van der Waals surface area contributed by atoms with E-state index in [1.165, 1.54) is 22.3 Å². The molecule has 234 valence electrons. The summed E-state index contributed by atoms with van der Waals surface area (Å²) in [5.41, 5.74) is 12.0. The maximum Gasteiger partial charge on any atom is 0.135 e. The molecule has 0 aliphatic carbocycles. The van der Waals surface area contributed by atoms with Crippen LogP contribution in [0.1, 0.15) is 29.0 Å². The van der Waals surface area contributed by atoms with Crippen molar-refractivity contribution in [3.05, 3.63) is 193 Å². The molecule has 1 aliphatic rings. The Balaban J connectivity index is 1.22. The maximum absolute atomic E-state index is 6.44. The van der Waals surface area contributed by atoms with Crippen molar-refractivity contribution in [2.24, 2.45) is 4.99 Å². The first-order valence-corrected chi connectivity index (χ1v) is 16.7. The molecule has 0 spiro atoms. The van der Waals surface area contributed by atoms with Crippen LogP contribution in [0.3, 0.4) is 0 Å². The Labute approximate surface area is 285 Å². The van der Waals surface area contributed by atoms with Crippen LogP contribution in [-0.2, 0) is 0 Å². The summed E-state index contributed by atoms with van der Waals surface area (Å²) in [6.45, 7) is 0. The molecule has 0 saturated carbocycles. The van der Waals surface area contributed by atoms with Crippen LogP contribution in [0, 0.1) is 0 Å². The SMILES string of the molecule is c1ccc(-c2ccc(C3=NC(c4c(-c5ccc(-c6ccccc6)cc5)ccc5oc6ccccc6c45)NC(c4ccccc4)N3)cc2)cc1. The van der Waals surface area contributed by atoms with Crippen molar-refractivity contribution >= 4 is 27.8 Å². The first-order chi connectivity index (χ1) is 24.3. The number of amidine groups is 1. The van der Waals surface area contributed by atoms with Gasteiger partial charge in [0, 0.05) is 21.9 Å². The Bertz CT molecular complexity index is 2420. The lowest BCUT2D eigenvalue weighted by molar-refractivity contribution is 0.411. The number of rotatable bonds is 6. The van der Waals surface area contributed by atoms with Crippen LogP contribution in [0.4, 0.5) is 0 Å². The van der Waals surface area contributed by atoms with Gasteiger partial charge < -0.3 is 9.73 Å². The largest absolute Gasteiger partial charge is 0.456 e. The molecule has 2 heterocycles. The van der Waals surface area contributed by atoms with Gasteiger partial charge in [-0.05, 0) is 51.1 Å². The van der Waals surface area contributed by atoms with E-state index in [4.69, 9.17) is 9.41 Å². The van der Waals surface area contributed by atoms with Crippen molar-refractivity contribution in [2.45, 2.75) is 12.3 Å². The van der Waals surface area contributed by atoms with Gasteiger partial charge >= 0.3 is 0 Å². The summed E-state index contributed by atoms with van der Waals surface area (Å²) in [4.78, 5) is 5.44. The van der Waals surface area contributed by atoms with E-state index in [9.17, 15) is 0 Å². The molecule has 1 aromatic heterocycles. The molecule has 7 aromatic carbocycles. The molecule has 0 amide bonds. The fraction of sp³-hybridized carbons (Fsp3) is 0.0444. The van der Waals surface area contributed by atoms with Crippen LogP contribution < -0.4 is 10.6 Å². The van der Waals surface area contributed by atoms with Crippen LogP contribution in [-0.4, -0.2) is 5.84 Å². The van der Waals surface area contributed by atoms with Crippen molar-refractivity contribution < 1.29 is 4.42 Å². The lowest BCUT2D eigenvalue weighted by Gasteiger charge is -2.33. The second kappa shape index (κ2) is 12.4. The minimum Gasteiger partial charge on any atom is -0.456 e. The zero-order valence-corrected chi connectivity index (χ0v) is 26.8. The molecule has 0 saturated heterocycles. The summed E-state index contributed by atoms with van der Waals surface area (Å²) in [7, 11) is 0. The van der Waals surface area contributed by atoms with Gasteiger partial charge in [0.2, 0.25) is 0 Å². The van der Waals surface area contributed by atoms with Crippen molar-refractivity contribution in [1.29, 1.82) is 0 Å². The Hall–Kier alpha value is -6.23. The average Bonchev–Trinajstić information content (AvgIpc) is 3.57. The zero-order valence-electron chi connectivity index (χ0n) is 26.8. The molecular weight excluding hydrogens is 599 g/mol. The van der Waals surface area contributed by atoms with Crippen LogP contribution in [0.5, 0.6) is 0 Å². The van der Waals surface area contributed by atoms with E-state index in [-0.39, 0.29) is 12.3 Å². The number of hydrogen-bond acceptors (Lipinski definition) is 4. The van der Waals surface area contributed by atoms with Gasteiger partial charge in [0.05, 0.1) is 0 Å². The number of fused-ring (bicyclic) bond motifs is 3. The summed E-state index contributed by atoms with van der Waals surface area (Å²) >= 11 is 0. The second-order valence-electron chi connectivity index (χ2n) is 12.4. The van der Waals surface area contributed by atoms with Gasteiger partial charge in [-0.15, -0.1) is 0 Å². The third kappa shape index (κ3) is 5.48. The molecule has 0 fully saturated rings. The normalized spacial score (nSPS) is 16.0. The predicted molar refractivity (Wildman–Crippen MR) is 201 cm³/mol. The number of aliphatic imine (C=N–C) groups is 1. The standard InChI is InChI=1S/C45H33N3O/c1-4-12-30(13-5-1)32-20-24-34(25-21-32)37-28-29-40-41(38-18-10-11-19-39(38)49-40)42(37)45-47-43(35-16-8-3-9-17-35)46-44(48-45)36-26-22-33(23-27-36)31-14-6-2-7-15-31/h1-29,43,45,47H,(H,46,48). The highest BCUT2D eigenvalue weighted by atomic mass is 16.3. The fourth-order valence-corrected chi connectivity index (χ4v) is 6.97. The van der Waals surface area contributed by atoms with Crippen molar-refractivity contribution in [2.75, 3.05) is 0 Å². The molecule has 0 radical (unpaired) electrons. The van der Waals surface area contributed by atoms with Crippen LogP contribution in [0.15, 0.2) is 185 Å². The number of furan rings is 1. The maximum atomic E-state index is 6.44. The van der Waals surface area contributed by atoms with Crippen molar-refractivity contribution in [1.82, 2.24) is 10.6 Å². The van der Waals surface area contributed by atoms with E-state index in [1.54, 1.807) is 0 Å². The van der Waals surface area contributed by atoms with Gasteiger partial charge in [0.1, 0.15) is 29.3 Å². The molecule has 1 aliphatic heterocycles. The molecule has 8 aromatic rings. The van der Waals surface area contributed by atoms with Gasteiger partial charge in [-0.25, -0.2) is 4.99 Å². The molecule has 49 heavy (non-hydrogen) atoms. The highest BCUT2D eigenvalue weighted by Crippen LogP contribution is 2.42. The van der Waals surface area contributed by atoms with E-state index in [2.05, 4.69) is 168 Å². The minimum absolute atomic E-state index is 0.172.